The van der Waals surface area contributed by atoms with E-state index in [1.54, 1.807) is 6.07 Å². The Morgan fingerprint density at radius 3 is 2.64 bits per heavy atom. The second kappa shape index (κ2) is 9.46. The molecule has 1 aliphatic rings. The number of carbonyl (C=O) groups is 3. The molecule has 7 nitrogen and oxygen atoms in total. The van der Waals surface area contributed by atoms with Crippen LogP contribution in [0.15, 0.2) is 54.6 Å². The van der Waals surface area contributed by atoms with Gasteiger partial charge in [0.25, 0.3) is 5.91 Å². The van der Waals surface area contributed by atoms with E-state index in [9.17, 15) is 14.4 Å². The predicted molar refractivity (Wildman–Crippen MR) is 129 cm³/mol. The maximum atomic E-state index is 13.0. The molecular formula is C25H25N3O4S. The van der Waals surface area contributed by atoms with Gasteiger partial charge in [0.15, 0.2) is 6.29 Å². The minimum absolute atomic E-state index is 0.0402. The zero-order chi connectivity index (χ0) is 23.5. The highest BCUT2D eigenvalue weighted by Crippen LogP contribution is 2.29. The summed E-state index contributed by atoms with van der Waals surface area (Å²) >= 11 is 1.44. The van der Waals surface area contributed by atoms with Crippen molar-refractivity contribution in [3.05, 3.63) is 76.2 Å². The number of rotatable bonds is 7. The molecule has 8 heteroatoms. The Morgan fingerprint density at radius 2 is 1.94 bits per heavy atom. The largest absolute Gasteiger partial charge is 0.465 e. The van der Waals surface area contributed by atoms with E-state index in [2.05, 4.69) is 10.6 Å². The first kappa shape index (κ1) is 22.5. The third kappa shape index (κ3) is 5.06. The van der Waals surface area contributed by atoms with Crippen LogP contribution in [-0.4, -0.2) is 47.4 Å². The Hall–Kier alpha value is -3.65. The van der Waals surface area contributed by atoms with Crippen LogP contribution < -0.4 is 10.6 Å². The molecule has 1 aliphatic heterocycles. The Bertz CT molecular complexity index is 1200. The van der Waals surface area contributed by atoms with Crippen LogP contribution in [0.3, 0.4) is 0 Å². The van der Waals surface area contributed by atoms with Crippen molar-refractivity contribution in [2.24, 2.45) is 0 Å². The fourth-order valence-electron chi connectivity index (χ4n) is 3.81. The molecule has 2 heterocycles. The lowest BCUT2D eigenvalue weighted by molar-refractivity contribution is 0.0939. The molecule has 1 saturated heterocycles. The number of benzene rings is 2. The van der Waals surface area contributed by atoms with E-state index in [0.29, 0.717) is 23.5 Å². The summed E-state index contributed by atoms with van der Waals surface area (Å²) in [5.41, 5.74) is 4.20. The summed E-state index contributed by atoms with van der Waals surface area (Å²) in [5.74, 6) is -0.172. The number of nitrogens with one attached hydrogen (secondary N) is 2. The molecule has 1 fully saturated rings. The van der Waals surface area contributed by atoms with Gasteiger partial charge in [-0.15, -0.1) is 11.3 Å². The van der Waals surface area contributed by atoms with Gasteiger partial charge in [-0.25, -0.2) is 4.79 Å². The van der Waals surface area contributed by atoms with Crippen LogP contribution >= 0.6 is 11.3 Å². The molecule has 1 unspecified atom stereocenters. The normalized spacial score (nSPS) is 14.3. The average Bonchev–Trinajstić information content (AvgIpc) is 3.26. The van der Waals surface area contributed by atoms with Crippen LogP contribution in [0, 0.1) is 6.92 Å². The Labute approximate surface area is 196 Å². The summed E-state index contributed by atoms with van der Waals surface area (Å²) in [7, 11) is 0. The highest BCUT2D eigenvalue weighted by molar-refractivity contribution is 7.17. The van der Waals surface area contributed by atoms with Crippen LogP contribution in [0.25, 0.3) is 10.4 Å². The zero-order valence-electron chi connectivity index (χ0n) is 18.4. The summed E-state index contributed by atoms with van der Waals surface area (Å²) in [6, 6.07) is 17.1. The van der Waals surface area contributed by atoms with Crippen molar-refractivity contribution >= 4 is 35.3 Å². The number of anilines is 1. The molecular weight excluding hydrogens is 438 g/mol. The maximum Gasteiger partial charge on any atom is 0.407 e. The number of hydrogen-bond acceptors (Lipinski definition) is 5. The van der Waals surface area contributed by atoms with Crippen molar-refractivity contribution < 1.29 is 19.5 Å². The molecule has 3 N–H and O–H groups in total. The quantitative estimate of drug-likeness (QED) is 0.437. The van der Waals surface area contributed by atoms with Crippen LogP contribution in [0.1, 0.15) is 44.1 Å². The lowest BCUT2D eigenvalue weighted by atomic mass is 10.0. The number of hydrogen-bond donors (Lipinski definition) is 3. The summed E-state index contributed by atoms with van der Waals surface area (Å²) < 4.78 is 0. The lowest BCUT2D eigenvalue weighted by Gasteiger charge is -2.38. The summed E-state index contributed by atoms with van der Waals surface area (Å²) in [4.78, 5) is 38.0. The first-order valence-electron chi connectivity index (χ1n) is 10.7. The fraction of sp³-hybridized carbons (Fsp3) is 0.240. The fourth-order valence-corrected chi connectivity index (χ4v) is 4.63. The van der Waals surface area contributed by atoms with Crippen molar-refractivity contribution in [1.29, 1.82) is 0 Å². The first-order chi connectivity index (χ1) is 15.8. The zero-order valence-corrected chi connectivity index (χ0v) is 19.2. The van der Waals surface area contributed by atoms with Crippen molar-refractivity contribution in [3.63, 3.8) is 0 Å². The highest BCUT2D eigenvalue weighted by atomic mass is 32.1. The van der Waals surface area contributed by atoms with Crippen LogP contribution in [-0.2, 0) is 0 Å². The molecule has 0 aliphatic carbocycles. The summed E-state index contributed by atoms with van der Waals surface area (Å²) in [5, 5.41) is 15.3. The minimum Gasteiger partial charge on any atom is -0.465 e. The monoisotopic (exact) mass is 463 g/mol. The van der Waals surface area contributed by atoms with Gasteiger partial charge in [-0.05, 0) is 60.9 Å². The van der Waals surface area contributed by atoms with Gasteiger partial charge in [-0.1, -0.05) is 24.3 Å². The molecule has 3 aromatic rings. The smallest absolute Gasteiger partial charge is 0.407 e. The maximum absolute atomic E-state index is 13.0. The number of aldehydes is 1. The number of likely N-dealkylation sites (tertiary alicyclic amines) is 1. The molecule has 0 bridgehead atoms. The van der Waals surface area contributed by atoms with E-state index in [1.165, 1.54) is 16.2 Å². The van der Waals surface area contributed by atoms with Crippen molar-refractivity contribution in [3.8, 4) is 10.4 Å². The van der Waals surface area contributed by atoms with Gasteiger partial charge in [0.05, 0.1) is 17.0 Å². The number of carbonyl (C=O) groups excluding carboxylic acids is 2. The SMILES string of the molecule is Cc1ccc(NC2CN(C(=O)O)C2)cc1C(=O)NC(C)c1cccc(-c2ccc(C=O)s2)c1. The van der Waals surface area contributed by atoms with Gasteiger partial charge in [0.2, 0.25) is 0 Å². The molecule has 0 radical (unpaired) electrons. The third-order valence-corrected chi connectivity index (χ3v) is 6.83. The molecule has 1 aromatic heterocycles. The van der Waals surface area contributed by atoms with E-state index >= 15 is 0 Å². The van der Waals surface area contributed by atoms with Gasteiger partial charge >= 0.3 is 6.09 Å². The molecule has 2 amide bonds. The van der Waals surface area contributed by atoms with E-state index in [0.717, 1.165) is 33.5 Å². The Morgan fingerprint density at radius 1 is 1.15 bits per heavy atom. The predicted octanol–water partition coefficient (Wildman–Crippen LogP) is 4.80. The van der Waals surface area contributed by atoms with Gasteiger partial charge in [-0.3, -0.25) is 9.59 Å². The standard InChI is InChI=1S/C25H25N3O4S/c1-15-6-7-19(27-20-12-28(13-20)25(31)32)11-22(15)24(30)26-16(2)17-4-3-5-18(10-17)23-9-8-21(14-29)33-23/h3-11,14,16,20,27H,12-13H2,1-2H3,(H,26,30)(H,31,32). The van der Waals surface area contributed by atoms with Gasteiger partial charge in [-0.2, -0.15) is 0 Å². The molecule has 4 rings (SSSR count). The van der Waals surface area contributed by atoms with Gasteiger partial charge in [0, 0.05) is 29.2 Å². The molecule has 1 atom stereocenters. The Balaban J connectivity index is 1.44. The van der Waals surface area contributed by atoms with Crippen LogP contribution in [0.2, 0.25) is 0 Å². The number of thiophene rings is 1. The van der Waals surface area contributed by atoms with Crippen molar-refractivity contribution in [1.82, 2.24) is 10.2 Å². The lowest BCUT2D eigenvalue weighted by Crippen LogP contribution is -2.56. The molecule has 33 heavy (non-hydrogen) atoms. The van der Waals surface area contributed by atoms with E-state index in [1.807, 2.05) is 62.4 Å². The first-order valence-corrected chi connectivity index (χ1v) is 11.5. The second-order valence-electron chi connectivity index (χ2n) is 8.20. The van der Waals surface area contributed by atoms with Gasteiger partial charge < -0.3 is 20.6 Å². The topological polar surface area (TPSA) is 98.7 Å². The number of carboxylic acid groups (broad SMARTS) is 1. The van der Waals surface area contributed by atoms with E-state index in [4.69, 9.17) is 5.11 Å². The van der Waals surface area contributed by atoms with Crippen LogP contribution in [0.4, 0.5) is 10.5 Å². The van der Waals surface area contributed by atoms with Crippen molar-refractivity contribution in [2.45, 2.75) is 25.9 Å². The summed E-state index contributed by atoms with van der Waals surface area (Å²) in [6.07, 6.45) is -0.0717. The molecule has 2 aromatic carbocycles. The van der Waals surface area contributed by atoms with Gasteiger partial charge in [0.1, 0.15) is 0 Å². The van der Waals surface area contributed by atoms with E-state index in [-0.39, 0.29) is 18.0 Å². The Kier molecular flexibility index (Phi) is 6.46. The highest BCUT2D eigenvalue weighted by Gasteiger charge is 2.30. The average molecular weight is 464 g/mol. The van der Waals surface area contributed by atoms with Crippen LogP contribution in [0.5, 0.6) is 0 Å². The van der Waals surface area contributed by atoms with Crippen molar-refractivity contribution in [2.75, 3.05) is 18.4 Å². The molecule has 0 spiro atoms. The molecule has 0 saturated carbocycles. The minimum atomic E-state index is -0.918. The second-order valence-corrected chi connectivity index (χ2v) is 9.31. The number of nitrogens with zero attached hydrogens (tertiary/aromatic N) is 1. The molecule has 170 valence electrons. The van der Waals surface area contributed by atoms with E-state index < -0.39 is 6.09 Å². The number of aryl methyl sites for hydroxylation is 1. The third-order valence-electron chi connectivity index (χ3n) is 5.77. The number of amides is 2. The summed E-state index contributed by atoms with van der Waals surface area (Å²) in [6.45, 7) is 4.68.